The summed E-state index contributed by atoms with van der Waals surface area (Å²) in [5, 5.41) is 8.68. The fraction of sp³-hybridized carbons (Fsp3) is 0.0833. The molecule has 0 radical (unpaired) electrons. The first-order valence-corrected chi connectivity index (χ1v) is 4.77. The predicted octanol–water partition coefficient (Wildman–Crippen LogP) is 1.42. The zero-order chi connectivity index (χ0) is 12.5. The van der Waals surface area contributed by atoms with Crippen LogP contribution in [0.4, 0.5) is 0 Å². The average Bonchev–Trinajstić information content (AvgIpc) is 2.35. The van der Waals surface area contributed by atoms with Crippen molar-refractivity contribution >= 4 is 18.3 Å². The zero-order valence-corrected chi connectivity index (χ0v) is 8.91. The molecule has 0 spiro atoms. The third kappa shape index (κ3) is 4.56. The molecule has 0 aromatic heterocycles. The van der Waals surface area contributed by atoms with Crippen molar-refractivity contribution in [2.24, 2.45) is 0 Å². The number of esters is 1. The van der Waals surface area contributed by atoms with Crippen molar-refractivity contribution in [2.45, 2.75) is 0 Å². The first-order chi connectivity index (χ1) is 8.26. The summed E-state index contributed by atoms with van der Waals surface area (Å²) in [6.07, 6.45) is 4.02. The van der Waals surface area contributed by atoms with Crippen LogP contribution in [0.5, 0.6) is 0 Å². The van der Waals surface area contributed by atoms with Crippen LogP contribution in [-0.2, 0) is 9.53 Å². The van der Waals surface area contributed by atoms with Crippen molar-refractivity contribution in [1.82, 2.24) is 0 Å². The molecule has 0 saturated carbocycles. The second-order valence-corrected chi connectivity index (χ2v) is 3.01. The number of carbonyl (C=O) groups excluding carboxylic acids is 1. The van der Waals surface area contributed by atoms with E-state index in [0.29, 0.717) is 11.8 Å². The van der Waals surface area contributed by atoms with Gasteiger partial charge in [0.15, 0.2) is 0 Å². The number of ether oxygens (including phenoxy) is 1. The van der Waals surface area contributed by atoms with Gasteiger partial charge in [0.25, 0.3) is 0 Å². The van der Waals surface area contributed by atoms with Gasteiger partial charge in [0.2, 0.25) is 0 Å². The Labute approximate surface area is 98.2 Å². The van der Waals surface area contributed by atoms with Crippen LogP contribution in [0.25, 0.3) is 11.6 Å². The summed E-state index contributed by atoms with van der Waals surface area (Å²) in [5.41, 5.74) is 9.46. The number of hydrogen-bond acceptors (Lipinski definition) is 3. The van der Waals surface area contributed by atoms with Crippen molar-refractivity contribution in [1.29, 1.82) is 5.26 Å². The van der Waals surface area contributed by atoms with Gasteiger partial charge in [-0.05, 0) is 23.8 Å². The summed E-state index contributed by atoms with van der Waals surface area (Å²) >= 11 is 0. The minimum Gasteiger partial charge on any atom is -0.453 e. The Hall–Kier alpha value is -2.70. The van der Waals surface area contributed by atoms with Gasteiger partial charge < -0.3 is 10.3 Å². The summed E-state index contributed by atoms with van der Waals surface area (Å²) < 4.78 is 4.66. The van der Waals surface area contributed by atoms with E-state index in [1.54, 1.807) is 30.4 Å². The maximum absolute atomic E-state index is 10.7. The van der Waals surface area contributed by atoms with E-state index in [9.17, 15) is 4.79 Å². The maximum Gasteiger partial charge on any atom is 0.413 e. The topological polar surface area (TPSA) is 86.5 Å². The molecule has 17 heavy (non-hydrogen) atoms. The second kappa shape index (κ2) is 6.72. The van der Waals surface area contributed by atoms with Crippen molar-refractivity contribution in [3.05, 3.63) is 47.0 Å². The van der Waals surface area contributed by atoms with E-state index in [4.69, 9.17) is 10.8 Å². The Morgan fingerprint density at radius 3 is 3.12 bits per heavy atom. The second-order valence-electron chi connectivity index (χ2n) is 3.01. The Kier molecular flexibility index (Phi) is 4.89. The van der Waals surface area contributed by atoms with Gasteiger partial charge >= 0.3 is 12.2 Å². The third-order valence-electron chi connectivity index (χ3n) is 1.81. The van der Waals surface area contributed by atoms with Crippen LogP contribution in [0, 0.1) is 11.3 Å². The van der Waals surface area contributed by atoms with E-state index in [0.717, 1.165) is 5.56 Å². The molecular formula is C12H9N3O2. The lowest BCUT2D eigenvalue weighted by molar-refractivity contribution is -0.137. The Morgan fingerprint density at radius 1 is 1.59 bits per heavy atom. The lowest BCUT2D eigenvalue weighted by Crippen LogP contribution is -2.05. The molecule has 0 aliphatic heterocycles. The first kappa shape index (κ1) is 12.4. The van der Waals surface area contributed by atoms with E-state index < -0.39 is 5.97 Å². The molecule has 0 heterocycles. The van der Waals surface area contributed by atoms with Crippen LogP contribution in [-0.4, -0.2) is 23.6 Å². The van der Waals surface area contributed by atoms with Crippen molar-refractivity contribution in [3.63, 3.8) is 0 Å². The molecule has 0 amide bonds. The summed E-state index contributed by atoms with van der Waals surface area (Å²) in [4.78, 5) is 13.3. The van der Waals surface area contributed by atoms with E-state index >= 15 is 0 Å². The van der Waals surface area contributed by atoms with Crippen molar-refractivity contribution in [2.75, 3.05) is 6.61 Å². The monoisotopic (exact) mass is 227 g/mol. The molecular weight excluding hydrogens is 218 g/mol. The van der Waals surface area contributed by atoms with Gasteiger partial charge in [-0.25, -0.2) is 4.79 Å². The molecule has 1 aromatic carbocycles. The van der Waals surface area contributed by atoms with E-state index in [1.165, 1.54) is 0 Å². The molecule has 0 unspecified atom stereocenters. The zero-order valence-electron chi connectivity index (χ0n) is 8.91. The largest absolute Gasteiger partial charge is 0.453 e. The maximum atomic E-state index is 10.7. The van der Waals surface area contributed by atoms with E-state index in [1.807, 2.05) is 12.1 Å². The van der Waals surface area contributed by atoms with E-state index in [-0.39, 0.29) is 6.61 Å². The highest BCUT2D eigenvalue weighted by Crippen LogP contribution is 2.05. The highest BCUT2D eigenvalue weighted by molar-refractivity contribution is 6.20. The lowest BCUT2D eigenvalue weighted by Gasteiger charge is -1.95. The molecule has 0 atom stereocenters. The molecule has 5 nitrogen and oxygen atoms in total. The summed E-state index contributed by atoms with van der Waals surface area (Å²) in [5.74, 6) is -0.720. The van der Waals surface area contributed by atoms with E-state index in [2.05, 4.69) is 9.53 Å². The van der Waals surface area contributed by atoms with Crippen LogP contribution in [0.1, 0.15) is 11.1 Å². The fourth-order valence-corrected chi connectivity index (χ4v) is 1.11. The van der Waals surface area contributed by atoms with Gasteiger partial charge in [-0.1, -0.05) is 18.2 Å². The van der Waals surface area contributed by atoms with Crippen LogP contribution in [0.15, 0.2) is 30.3 Å². The van der Waals surface area contributed by atoms with Crippen molar-refractivity contribution in [3.8, 4) is 6.07 Å². The third-order valence-corrected chi connectivity index (χ3v) is 1.81. The lowest BCUT2D eigenvalue weighted by atomic mass is 10.1. The number of benzene rings is 1. The SMILES string of the molecule is N#Cc1cccc(/C=C/COC(=O)C=[N+]=[N-])c1. The normalized spacial score (nSPS) is 9.35. The number of rotatable bonds is 4. The first-order valence-electron chi connectivity index (χ1n) is 4.77. The molecule has 0 bridgehead atoms. The fourth-order valence-electron chi connectivity index (χ4n) is 1.11. The molecule has 1 rings (SSSR count). The molecule has 0 saturated heterocycles. The molecule has 1 aromatic rings. The molecule has 84 valence electrons. The minimum absolute atomic E-state index is 0.0711. The quantitative estimate of drug-likeness (QED) is 0.337. The number of nitrogens with zero attached hydrogens (tertiary/aromatic N) is 3. The van der Waals surface area contributed by atoms with Gasteiger partial charge in [0.1, 0.15) is 6.61 Å². The van der Waals surface area contributed by atoms with Crippen molar-refractivity contribution < 1.29 is 14.3 Å². The summed E-state index contributed by atoms with van der Waals surface area (Å²) in [6.45, 7) is 0.0711. The van der Waals surface area contributed by atoms with Gasteiger partial charge in [-0.2, -0.15) is 10.1 Å². The molecule has 5 heteroatoms. The van der Waals surface area contributed by atoms with Crippen LogP contribution < -0.4 is 0 Å². The Morgan fingerprint density at radius 2 is 2.41 bits per heavy atom. The Balaban J connectivity index is 2.51. The van der Waals surface area contributed by atoms with Gasteiger partial charge in [-0.15, -0.1) is 0 Å². The van der Waals surface area contributed by atoms with Crippen LogP contribution >= 0.6 is 0 Å². The van der Waals surface area contributed by atoms with Crippen LogP contribution in [0.2, 0.25) is 0 Å². The molecule has 0 fully saturated rings. The highest BCUT2D eigenvalue weighted by Gasteiger charge is 1.99. The van der Waals surface area contributed by atoms with Gasteiger partial charge in [0, 0.05) is 0 Å². The number of nitriles is 1. The minimum atomic E-state index is -0.720. The highest BCUT2D eigenvalue weighted by atomic mass is 16.5. The van der Waals surface area contributed by atoms with Gasteiger partial charge in [0.05, 0.1) is 11.6 Å². The number of hydrogen-bond donors (Lipinski definition) is 0. The standard InChI is InChI=1S/C12H9N3O2/c13-8-11-4-1-3-10(7-11)5-2-6-17-12(16)9-15-14/h1-5,7,9H,6H2/b5-2+. The number of carbonyl (C=O) groups is 1. The van der Waals surface area contributed by atoms with Crippen LogP contribution in [0.3, 0.4) is 0 Å². The predicted molar refractivity (Wildman–Crippen MR) is 60.8 cm³/mol. The summed E-state index contributed by atoms with van der Waals surface area (Å²) in [6, 6.07) is 9.04. The average molecular weight is 227 g/mol. The molecule has 0 N–H and O–H groups in total. The molecule has 0 aliphatic carbocycles. The van der Waals surface area contributed by atoms with Gasteiger partial charge in [-0.3, -0.25) is 0 Å². The smallest absolute Gasteiger partial charge is 0.413 e. The summed E-state index contributed by atoms with van der Waals surface area (Å²) in [7, 11) is 0. The molecule has 0 aliphatic rings. The Bertz CT molecular complexity index is 523.